The van der Waals surface area contributed by atoms with Crippen LogP contribution in [-0.4, -0.2) is 29.0 Å². The Morgan fingerprint density at radius 1 is 1.34 bits per heavy atom. The molecule has 0 unspecified atom stereocenters. The molecule has 0 aliphatic carbocycles. The van der Waals surface area contributed by atoms with Crippen molar-refractivity contribution in [2.24, 2.45) is 0 Å². The van der Waals surface area contributed by atoms with Crippen molar-refractivity contribution in [1.82, 2.24) is 10.5 Å². The molecule has 0 saturated heterocycles. The number of ether oxygens (including phenoxy) is 1. The highest BCUT2D eigenvalue weighted by atomic mass is 19.1. The Labute approximate surface area is 189 Å². The second kappa shape index (κ2) is 13.3. The number of halogens is 1. The number of benzene rings is 1. The van der Waals surface area contributed by atoms with E-state index >= 15 is 0 Å². The zero-order valence-electron chi connectivity index (χ0n) is 20.3. The number of aromatic nitrogens is 1. The van der Waals surface area contributed by atoms with Gasteiger partial charge in [0.1, 0.15) is 11.4 Å². The maximum absolute atomic E-state index is 14.4. The first-order valence-corrected chi connectivity index (χ1v) is 10.3. The van der Waals surface area contributed by atoms with Gasteiger partial charge < -0.3 is 25.4 Å². The molecule has 0 aliphatic heterocycles. The fraction of sp³-hybridized carbons (Fsp3) is 0.417. The van der Waals surface area contributed by atoms with E-state index < -0.39 is 0 Å². The third kappa shape index (κ3) is 8.55. The van der Waals surface area contributed by atoms with E-state index in [1.807, 2.05) is 34.6 Å². The Morgan fingerprint density at radius 3 is 2.34 bits per heavy atom. The van der Waals surface area contributed by atoms with Gasteiger partial charge in [0.15, 0.2) is 11.4 Å². The molecule has 0 fully saturated rings. The van der Waals surface area contributed by atoms with Gasteiger partial charge in [-0.2, -0.15) is 0 Å². The van der Waals surface area contributed by atoms with Gasteiger partial charge in [0.25, 0.3) is 0 Å². The molecule has 8 heteroatoms. The molecular weight excluding hydrogens is 413 g/mol. The van der Waals surface area contributed by atoms with E-state index in [2.05, 4.69) is 17.1 Å². The maximum Gasteiger partial charge on any atom is 0.407 e. The van der Waals surface area contributed by atoms with Crippen LogP contribution < -0.4 is 11.1 Å². The average Bonchev–Trinajstić information content (AvgIpc) is 3.12. The minimum atomic E-state index is -0.389. The average molecular weight is 450 g/mol. The first-order valence-electron chi connectivity index (χ1n) is 10.3. The van der Waals surface area contributed by atoms with Gasteiger partial charge in [-0.15, -0.1) is 0 Å². The third-order valence-corrected chi connectivity index (χ3v) is 3.70. The molecule has 0 saturated carbocycles. The minimum absolute atomic E-state index is 0.189. The number of carbonyl (C=O) groups is 1. The van der Waals surface area contributed by atoms with E-state index in [9.17, 15) is 14.3 Å². The number of nitrogens with zero attached hydrogens (tertiary/aromatic N) is 1. The summed E-state index contributed by atoms with van der Waals surface area (Å²) in [5.74, 6) is -0.168. The van der Waals surface area contributed by atoms with Crippen LogP contribution in [-0.2, 0) is 11.3 Å². The molecule has 2 aromatic rings. The highest BCUT2D eigenvalue weighted by molar-refractivity contribution is 5.98. The van der Waals surface area contributed by atoms with E-state index in [1.165, 1.54) is 13.1 Å². The van der Waals surface area contributed by atoms with E-state index in [4.69, 9.17) is 15.0 Å². The number of nitrogen functional groups attached to an aromatic ring is 1. The van der Waals surface area contributed by atoms with Gasteiger partial charge in [-0.3, -0.25) is 0 Å². The number of aliphatic hydroxyl groups is 1. The molecule has 7 nitrogen and oxygen atoms in total. The summed E-state index contributed by atoms with van der Waals surface area (Å²) < 4.78 is 24.5. The third-order valence-electron chi connectivity index (χ3n) is 3.70. The quantitative estimate of drug-likeness (QED) is 0.501. The van der Waals surface area contributed by atoms with Crippen LogP contribution >= 0.6 is 0 Å². The second-order valence-electron chi connectivity index (χ2n) is 7.63. The summed E-state index contributed by atoms with van der Waals surface area (Å²) in [7, 11) is 1.54. The van der Waals surface area contributed by atoms with Crippen LogP contribution in [0.3, 0.4) is 0 Å². The van der Waals surface area contributed by atoms with Gasteiger partial charge in [-0.25, -0.2) is 9.18 Å². The van der Waals surface area contributed by atoms with Crippen LogP contribution in [0.15, 0.2) is 46.8 Å². The smallest absolute Gasteiger partial charge is 0.407 e. The molecule has 1 heterocycles. The van der Waals surface area contributed by atoms with Crippen molar-refractivity contribution in [2.75, 3.05) is 12.8 Å². The summed E-state index contributed by atoms with van der Waals surface area (Å²) >= 11 is 0. The van der Waals surface area contributed by atoms with Gasteiger partial charge >= 0.3 is 6.09 Å². The molecule has 1 aromatic heterocycles. The molecule has 0 aliphatic rings. The van der Waals surface area contributed by atoms with Crippen molar-refractivity contribution < 1.29 is 23.6 Å². The Hall–Kier alpha value is -3.13. The van der Waals surface area contributed by atoms with Crippen LogP contribution in [0, 0.1) is 0 Å². The van der Waals surface area contributed by atoms with Crippen molar-refractivity contribution in [3.8, 4) is 0 Å². The number of alkyl carbamates (subject to hydrolysis) is 1. The number of allylic oxidation sites excluding steroid dienone is 5. The largest absolute Gasteiger partial charge is 0.444 e. The van der Waals surface area contributed by atoms with Crippen LogP contribution in [0.4, 0.5) is 15.0 Å². The standard InChI is InChI=1S/C16H17FN2O2.C6H13NO2.C2H6/c1-4-5-11(14(17)9(2)3)12-6-10(8-20)7-13-15(12)21-19-16(13)18;1-6(2,3)9-5(8)7-4;1-2/h4-7,20H,1,8H2,2-3H3,(H2,18,19);1-4H3,(H,7,8);1-2H3/b11-5-;;. The first-order chi connectivity index (χ1) is 14.9. The monoisotopic (exact) mass is 449 g/mol. The molecule has 1 aromatic carbocycles. The lowest BCUT2D eigenvalue weighted by molar-refractivity contribution is 0.0541. The van der Waals surface area contributed by atoms with Gasteiger partial charge in [0.2, 0.25) is 0 Å². The lowest BCUT2D eigenvalue weighted by Crippen LogP contribution is -2.30. The van der Waals surface area contributed by atoms with E-state index in [0.717, 1.165) is 0 Å². The van der Waals surface area contributed by atoms with Gasteiger partial charge in [-0.1, -0.05) is 37.7 Å². The fourth-order valence-corrected chi connectivity index (χ4v) is 2.41. The summed E-state index contributed by atoms with van der Waals surface area (Å²) in [6.45, 7) is 16.2. The van der Waals surface area contributed by atoms with Gasteiger partial charge in [0, 0.05) is 18.2 Å². The Bertz CT molecular complexity index is 966. The lowest BCUT2D eigenvalue weighted by Gasteiger charge is -2.18. The van der Waals surface area contributed by atoms with Crippen molar-refractivity contribution in [3.63, 3.8) is 0 Å². The SMILES string of the molecule is C=C/C=C(\C(F)=C(C)C)c1cc(CO)cc2c(N)noc12.CC.CNC(=O)OC(C)(C)C. The van der Waals surface area contributed by atoms with Crippen molar-refractivity contribution >= 4 is 28.5 Å². The number of fused-ring (bicyclic) bond motifs is 1. The van der Waals surface area contributed by atoms with Crippen LogP contribution in [0.5, 0.6) is 0 Å². The molecule has 0 bridgehead atoms. The molecule has 4 N–H and O–H groups in total. The van der Waals surface area contributed by atoms with Crippen LogP contribution in [0.1, 0.15) is 59.6 Å². The summed E-state index contributed by atoms with van der Waals surface area (Å²) in [4.78, 5) is 10.5. The molecule has 32 heavy (non-hydrogen) atoms. The van der Waals surface area contributed by atoms with Crippen molar-refractivity contribution in [2.45, 2.75) is 60.7 Å². The van der Waals surface area contributed by atoms with Gasteiger partial charge in [-0.05, 0) is 57.9 Å². The van der Waals surface area contributed by atoms with E-state index in [0.29, 0.717) is 33.2 Å². The summed E-state index contributed by atoms with van der Waals surface area (Å²) in [5, 5.41) is 16.0. The predicted molar refractivity (Wildman–Crippen MR) is 129 cm³/mol. The Balaban J connectivity index is 0.000000738. The minimum Gasteiger partial charge on any atom is -0.444 e. The number of nitrogens with one attached hydrogen (secondary N) is 1. The highest BCUT2D eigenvalue weighted by Gasteiger charge is 2.18. The predicted octanol–water partition coefficient (Wildman–Crippen LogP) is 5.90. The Kier molecular flexibility index (Phi) is 12.0. The fourth-order valence-electron chi connectivity index (χ4n) is 2.41. The molecule has 2 rings (SSSR count). The molecule has 0 atom stereocenters. The van der Waals surface area contributed by atoms with Crippen molar-refractivity contribution in [1.29, 1.82) is 0 Å². The number of amides is 1. The number of nitrogens with two attached hydrogens (primary N) is 1. The highest BCUT2D eigenvalue weighted by Crippen LogP contribution is 2.35. The first kappa shape index (κ1) is 28.9. The van der Waals surface area contributed by atoms with E-state index in [1.54, 1.807) is 32.1 Å². The molecule has 1 amide bonds. The molecule has 0 radical (unpaired) electrons. The maximum atomic E-state index is 14.4. The topological polar surface area (TPSA) is 111 Å². The number of carbonyl (C=O) groups excluding carboxylic acids is 1. The number of hydrogen-bond donors (Lipinski definition) is 3. The number of aliphatic hydroxyl groups excluding tert-OH is 1. The zero-order valence-corrected chi connectivity index (χ0v) is 20.3. The van der Waals surface area contributed by atoms with Crippen molar-refractivity contribution in [3.05, 3.63) is 53.4 Å². The molecule has 0 spiro atoms. The number of anilines is 1. The lowest BCUT2D eigenvalue weighted by atomic mass is 9.97. The second-order valence-corrected chi connectivity index (χ2v) is 7.63. The van der Waals surface area contributed by atoms with Gasteiger partial charge in [0.05, 0.1) is 12.0 Å². The summed E-state index contributed by atoms with van der Waals surface area (Å²) in [6, 6.07) is 3.33. The van der Waals surface area contributed by atoms with Crippen LogP contribution in [0.25, 0.3) is 16.5 Å². The Morgan fingerprint density at radius 2 is 1.94 bits per heavy atom. The van der Waals surface area contributed by atoms with Crippen LogP contribution in [0.2, 0.25) is 0 Å². The molecule has 178 valence electrons. The zero-order chi connectivity index (χ0) is 25.1. The molecular formula is C24H36FN3O4. The normalized spacial score (nSPS) is 10.9. The number of hydrogen-bond acceptors (Lipinski definition) is 6. The van der Waals surface area contributed by atoms with E-state index in [-0.39, 0.29) is 29.9 Å². The summed E-state index contributed by atoms with van der Waals surface area (Å²) in [5.41, 5.74) is 7.67. The summed E-state index contributed by atoms with van der Waals surface area (Å²) in [6.07, 6.45) is 2.66. The number of rotatable bonds is 4.